The highest BCUT2D eigenvalue weighted by molar-refractivity contribution is 7.07. The van der Waals surface area contributed by atoms with Crippen LogP contribution in [-0.2, 0) is 6.54 Å². The summed E-state index contributed by atoms with van der Waals surface area (Å²) in [7, 11) is 0. The van der Waals surface area contributed by atoms with E-state index in [0.717, 1.165) is 37.5 Å². The Bertz CT molecular complexity index is 741. The second-order valence-electron chi connectivity index (χ2n) is 5.89. The van der Waals surface area contributed by atoms with Crippen molar-refractivity contribution in [3.05, 3.63) is 52.8 Å². The van der Waals surface area contributed by atoms with Gasteiger partial charge in [0.15, 0.2) is 0 Å². The highest BCUT2D eigenvalue weighted by Crippen LogP contribution is 2.29. The van der Waals surface area contributed by atoms with E-state index in [1.54, 1.807) is 23.7 Å². The summed E-state index contributed by atoms with van der Waals surface area (Å²) in [4.78, 5) is 6.50. The van der Waals surface area contributed by atoms with E-state index in [4.69, 9.17) is 4.42 Å². The molecule has 1 saturated heterocycles. The highest BCUT2D eigenvalue weighted by Gasteiger charge is 2.26. The van der Waals surface area contributed by atoms with Gasteiger partial charge in [0.25, 0.3) is 0 Å². The predicted molar refractivity (Wildman–Crippen MR) is 89.1 cm³/mol. The standard InChI is InChI=1S/C17H18N4OS/c1-2-15(11-21(8-1)10-13-5-9-23-12-13)17-20-19-16(22-17)14-3-6-18-7-4-14/h3-7,9,12,15H,1-2,8,10-11H2. The topological polar surface area (TPSA) is 55.1 Å². The van der Waals surface area contributed by atoms with Crippen molar-refractivity contribution in [2.75, 3.05) is 13.1 Å². The summed E-state index contributed by atoms with van der Waals surface area (Å²) in [5.74, 6) is 1.66. The molecule has 0 radical (unpaired) electrons. The van der Waals surface area contributed by atoms with Gasteiger partial charge in [0.1, 0.15) is 0 Å². The molecule has 1 atom stereocenters. The Morgan fingerprint density at radius 3 is 2.96 bits per heavy atom. The van der Waals surface area contributed by atoms with Gasteiger partial charge in [-0.3, -0.25) is 9.88 Å². The quantitative estimate of drug-likeness (QED) is 0.733. The van der Waals surface area contributed by atoms with E-state index in [2.05, 4.69) is 36.9 Å². The molecule has 1 aliphatic heterocycles. The fourth-order valence-corrected chi connectivity index (χ4v) is 3.71. The van der Waals surface area contributed by atoms with Crippen molar-refractivity contribution in [2.45, 2.75) is 25.3 Å². The molecule has 118 valence electrons. The molecule has 0 spiro atoms. The summed E-state index contributed by atoms with van der Waals surface area (Å²) in [6, 6.07) is 5.98. The third-order valence-electron chi connectivity index (χ3n) is 4.21. The fraction of sp³-hybridized carbons (Fsp3) is 0.353. The zero-order valence-corrected chi connectivity index (χ0v) is 13.6. The fourth-order valence-electron chi connectivity index (χ4n) is 3.05. The average Bonchev–Trinajstić information content (AvgIpc) is 3.28. The minimum absolute atomic E-state index is 0.325. The molecule has 4 heterocycles. The number of pyridine rings is 1. The van der Waals surface area contributed by atoms with Crippen LogP contribution in [0.5, 0.6) is 0 Å². The Morgan fingerprint density at radius 1 is 1.22 bits per heavy atom. The normalized spacial score (nSPS) is 19.0. The Morgan fingerprint density at radius 2 is 2.13 bits per heavy atom. The van der Waals surface area contributed by atoms with Gasteiger partial charge in [0, 0.05) is 31.0 Å². The molecule has 0 saturated carbocycles. The second kappa shape index (κ2) is 6.60. The molecule has 6 heteroatoms. The van der Waals surface area contributed by atoms with Crippen molar-refractivity contribution in [2.24, 2.45) is 0 Å². The van der Waals surface area contributed by atoms with Crippen molar-refractivity contribution < 1.29 is 4.42 Å². The predicted octanol–water partition coefficient (Wildman–Crippen LogP) is 3.57. The minimum Gasteiger partial charge on any atom is -0.420 e. The summed E-state index contributed by atoms with van der Waals surface area (Å²) >= 11 is 1.75. The van der Waals surface area contributed by atoms with Crippen molar-refractivity contribution in [3.8, 4) is 11.5 Å². The zero-order valence-electron chi connectivity index (χ0n) is 12.8. The van der Waals surface area contributed by atoms with E-state index in [0.29, 0.717) is 11.8 Å². The lowest BCUT2D eigenvalue weighted by Crippen LogP contribution is -2.33. The molecule has 1 unspecified atom stereocenters. The Labute approximate surface area is 139 Å². The SMILES string of the molecule is c1cc(-c2nnc(C3CCCN(Cc4ccsc4)C3)o2)ccn1. The van der Waals surface area contributed by atoms with E-state index in [1.807, 2.05) is 12.1 Å². The summed E-state index contributed by atoms with van der Waals surface area (Å²) in [5.41, 5.74) is 2.31. The molecule has 0 aliphatic carbocycles. The number of hydrogen-bond donors (Lipinski definition) is 0. The molecule has 23 heavy (non-hydrogen) atoms. The van der Waals surface area contributed by atoms with E-state index in [1.165, 1.54) is 12.0 Å². The Hall–Kier alpha value is -2.05. The molecule has 1 aliphatic rings. The first kappa shape index (κ1) is 14.5. The van der Waals surface area contributed by atoms with Crippen LogP contribution in [0.4, 0.5) is 0 Å². The molecule has 0 N–H and O–H groups in total. The van der Waals surface area contributed by atoms with Gasteiger partial charge in [-0.05, 0) is 53.9 Å². The van der Waals surface area contributed by atoms with Gasteiger partial charge in [-0.25, -0.2) is 0 Å². The molecule has 5 nitrogen and oxygen atoms in total. The van der Waals surface area contributed by atoms with Crippen molar-refractivity contribution in [1.82, 2.24) is 20.1 Å². The lowest BCUT2D eigenvalue weighted by atomic mass is 9.98. The smallest absolute Gasteiger partial charge is 0.247 e. The zero-order chi connectivity index (χ0) is 15.5. The van der Waals surface area contributed by atoms with E-state index in [-0.39, 0.29) is 0 Å². The van der Waals surface area contributed by atoms with Gasteiger partial charge in [-0.15, -0.1) is 10.2 Å². The van der Waals surface area contributed by atoms with Gasteiger partial charge >= 0.3 is 0 Å². The van der Waals surface area contributed by atoms with Crippen LogP contribution in [0.1, 0.15) is 30.2 Å². The van der Waals surface area contributed by atoms with Gasteiger partial charge < -0.3 is 4.42 Å². The van der Waals surface area contributed by atoms with Crippen LogP contribution >= 0.6 is 11.3 Å². The van der Waals surface area contributed by atoms with E-state index < -0.39 is 0 Å². The Kier molecular flexibility index (Phi) is 4.17. The molecule has 4 rings (SSSR count). The number of nitrogens with zero attached hydrogens (tertiary/aromatic N) is 4. The molecular weight excluding hydrogens is 308 g/mol. The van der Waals surface area contributed by atoms with E-state index >= 15 is 0 Å². The second-order valence-corrected chi connectivity index (χ2v) is 6.67. The van der Waals surface area contributed by atoms with Crippen molar-refractivity contribution >= 4 is 11.3 Å². The first-order valence-corrected chi connectivity index (χ1v) is 8.80. The maximum atomic E-state index is 5.92. The van der Waals surface area contributed by atoms with Crippen molar-refractivity contribution in [3.63, 3.8) is 0 Å². The highest BCUT2D eigenvalue weighted by atomic mass is 32.1. The van der Waals surface area contributed by atoms with Crippen molar-refractivity contribution in [1.29, 1.82) is 0 Å². The first-order chi connectivity index (χ1) is 11.4. The summed E-state index contributed by atoms with van der Waals surface area (Å²) < 4.78 is 5.92. The van der Waals surface area contributed by atoms with Crippen LogP contribution < -0.4 is 0 Å². The minimum atomic E-state index is 0.325. The molecule has 0 amide bonds. The van der Waals surface area contributed by atoms with Crippen LogP contribution in [-0.4, -0.2) is 33.2 Å². The number of aromatic nitrogens is 3. The largest absolute Gasteiger partial charge is 0.420 e. The summed E-state index contributed by atoms with van der Waals surface area (Å²) in [6.07, 6.45) is 5.75. The van der Waals surface area contributed by atoms with Crippen LogP contribution in [0.3, 0.4) is 0 Å². The third kappa shape index (κ3) is 3.33. The monoisotopic (exact) mass is 326 g/mol. The number of rotatable bonds is 4. The molecular formula is C17H18N4OS. The molecule has 3 aromatic heterocycles. The number of thiophene rings is 1. The Balaban J connectivity index is 1.46. The summed E-state index contributed by atoms with van der Waals surface area (Å²) in [6.45, 7) is 3.12. The van der Waals surface area contributed by atoms with Crippen LogP contribution in [0.25, 0.3) is 11.5 Å². The molecule has 0 bridgehead atoms. The molecule has 0 aromatic carbocycles. The summed E-state index contributed by atoms with van der Waals surface area (Å²) in [5, 5.41) is 12.8. The lowest BCUT2D eigenvalue weighted by Gasteiger charge is -2.30. The van der Waals surface area contributed by atoms with Crippen LogP contribution in [0.2, 0.25) is 0 Å². The maximum absolute atomic E-state index is 5.92. The maximum Gasteiger partial charge on any atom is 0.247 e. The first-order valence-electron chi connectivity index (χ1n) is 7.86. The van der Waals surface area contributed by atoms with Crippen LogP contribution in [0.15, 0.2) is 45.8 Å². The van der Waals surface area contributed by atoms with Gasteiger partial charge in [-0.1, -0.05) is 0 Å². The molecule has 1 fully saturated rings. The van der Waals surface area contributed by atoms with Gasteiger partial charge in [0.05, 0.1) is 5.92 Å². The van der Waals surface area contributed by atoms with E-state index in [9.17, 15) is 0 Å². The lowest BCUT2D eigenvalue weighted by molar-refractivity contribution is 0.186. The molecule has 3 aromatic rings. The third-order valence-corrected chi connectivity index (χ3v) is 4.94. The van der Waals surface area contributed by atoms with Gasteiger partial charge in [-0.2, -0.15) is 11.3 Å². The van der Waals surface area contributed by atoms with Crippen LogP contribution in [0, 0.1) is 0 Å². The number of piperidine rings is 1. The number of likely N-dealkylation sites (tertiary alicyclic amines) is 1. The number of hydrogen-bond acceptors (Lipinski definition) is 6. The average molecular weight is 326 g/mol. The van der Waals surface area contributed by atoms with Gasteiger partial charge in [0.2, 0.25) is 11.8 Å².